The lowest BCUT2D eigenvalue weighted by Crippen LogP contribution is -2.29. The molecule has 4 N–H and O–H groups in total. The van der Waals surface area contributed by atoms with E-state index in [1.807, 2.05) is 20.8 Å². The first-order chi connectivity index (χ1) is 8.52. The van der Waals surface area contributed by atoms with Crippen molar-refractivity contribution in [1.82, 2.24) is 10.3 Å². The van der Waals surface area contributed by atoms with Crippen LogP contribution in [0.5, 0.6) is 5.88 Å². The molecule has 6 heteroatoms. The third kappa shape index (κ3) is 4.48. The standard InChI is InChI=1S/C12H20N4O2/c1-4-14-11(17)7-15-10-6-5-9(13)12(16-10)18-8(2)3/h5-6,8H,4,7,13H2,1-3H3,(H,14,17)(H,15,16). The molecule has 1 aromatic rings. The van der Waals surface area contributed by atoms with Gasteiger partial charge in [0.15, 0.2) is 0 Å². The maximum Gasteiger partial charge on any atom is 0.239 e. The van der Waals surface area contributed by atoms with Crippen molar-refractivity contribution in [2.75, 3.05) is 24.1 Å². The van der Waals surface area contributed by atoms with Gasteiger partial charge in [-0.1, -0.05) is 0 Å². The van der Waals surface area contributed by atoms with E-state index in [0.717, 1.165) is 0 Å². The summed E-state index contributed by atoms with van der Waals surface area (Å²) in [4.78, 5) is 15.5. The molecule has 0 spiro atoms. The van der Waals surface area contributed by atoms with E-state index in [9.17, 15) is 4.79 Å². The van der Waals surface area contributed by atoms with E-state index in [-0.39, 0.29) is 18.6 Å². The summed E-state index contributed by atoms with van der Waals surface area (Å²) in [5.41, 5.74) is 6.23. The van der Waals surface area contributed by atoms with Gasteiger partial charge in [0.1, 0.15) is 5.82 Å². The van der Waals surface area contributed by atoms with Gasteiger partial charge in [-0.05, 0) is 32.9 Å². The molecular weight excluding hydrogens is 232 g/mol. The third-order valence-electron chi connectivity index (χ3n) is 2.04. The van der Waals surface area contributed by atoms with Crippen LogP contribution in [0.15, 0.2) is 12.1 Å². The molecular formula is C12H20N4O2. The number of pyridine rings is 1. The molecule has 0 fully saturated rings. The van der Waals surface area contributed by atoms with Crippen LogP contribution >= 0.6 is 0 Å². The number of ether oxygens (including phenoxy) is 1. The van der Waals surface area contributed by atoms with Gasteiger partial charge in [0.05, 0.1) is 18.3 Å². The van der Waals surface area contributed by atoms with Crippen molar-refractivity contribution >= 4 is 17.4 Å². The minimum absolute atomic E-state index is 0.00144. The molecule has 1 aromatic heterocycles. The Labute approximate surface area is 107 Å². The normalized spacial score (nSPS) is 10.2. The van der Waals surface area contributed by atoms with E-state index in [2.05, 4.69) is 15.6 Å². The van der Waals surface area contributed by atoms with E-state index < -0.39 is 0 Å². The van der Waals surface area contributed by atoms with E-state index >= 15 is 0 Å². The molecule has 18 heavy (non-hydrogen) atoms. The number of likely N-dealkylation sites (N-methyl/N-ethyl adjacent to an activating group) is 1. The molecule has 0 bridgehead atoms. The lowest BCUT2D eigenvalue weighted by Gasteiger charge is -2.12. The molecule has 0 aliphatic rings. The Morgan fingerprint density at radius 2 is 2.22 bits per heavy atom. The zero-order valence-electron chi connectivity index (χ0n) is 11.0. The van der Waals surface area contributed by atoms with Crippen molar-refractivity contribution in [1.29, 1.82) is 0 Å². The number of carbonyl (C=O) groups is 1. The molecule has 1 rings (SSSR count). The van der Waals surface area contributed by atoms with Crippen LogP contribution in [-0.4, -0.2) is 30.1 Å². The van der Waals surface area contributed by atoms with Gasteiger partial charge in [-0.15, -0.1) is 0 Å². The van der Waals surface area contributed by atoms with Gasteiger partial charge in [-0.25, -0.2) is 0 Å². The van der Waals surface area contributed by atoms with Crippen molar-refractivity contribution in [3.05, 3.63) is 12.1 Å². The SMILES string of the molecule is CCNC(=O)CNc1ccc(N)c(OC(C)C)n1. The number of hydrogen-bond acceptors (Lipinski definition) is 5. The summed E-state index contributed by atoms with van der Waals surface area (Å²) in [7, 11) is 0. The van der Waals surface area contributed by atoms with Gasteiger partial charge in [0, 0.05) is 6.54 Å². The molecule has 0 atom stereocenters. The van der Waals surface area contributed by atoms with Gasteiger partial charge in [0.2, 0.25) is 11.8 Å². The van der Waals surface area contributed by atoms with Crippen LogP contribution in [0.3, 0.4) is 0 Å². The summed E-state index contributed by atoms with van der Waals surface area (Å²) in [6.45, 7) is 6.45. The summed E-state index contributed by atoms with van der Waals surface area (Å²) in [6, 6.07) is 3.41. The number of aromatic nitrogens is 1. The van der Waals surface area contributed by atoms with Gasteiger partial charge in [-0.2, -0.15) is 4.98 Å². The van der Waals surface area contributed by atoms with E-state index in [1.165, 1.54) is 0 Å². The second kappa shape index (κ2) is 6.68. The number of anilines is 2. The van der Waals surface area contributed by atoms with Crippen LogP contribution in [0.2, 0.25) is 0 Å². The summed E-state index contributed by atoms with van der Waals surface area (Å²) >= 11 is 0. The van der Waals surface area contributed by atoms with Gasteiger partial charge in [-0.3, -0.25) is 4.79 Å². The molecule has 1 heterocycles. The first-order valence-electron chi connectivity index (χ1n) is 5.96. The molecule has 0 aliphatic heterocycles. The van der Waals surface area contributed by atoms with Crippen molar-refractivity contribution in [3.8, 4) is 5.88 Å². The fourth-order valence-electron chi connectivity index (χ4n) is 1.30. The van der Waals surface area contributed by atoms with Crippen LogP contribution in [-0.2, 0) is 4.79 Å². The highest BCUT2D eigenvalue weighted by atomic mass is 16.5. The second-order valence-corrected chi connectivity index (χ2v) is 4.06. The minimum atomic E-state index is -0.0811. The minimum Gasteiger partial charge on any atom is -0.473 e. The average Bonchev–Trinajstić information content (AvgIpc) is 2.30. The van der Waals surface area contributed by atoms with Gasteiger partial charge < -0.3 is 21.1 Å². The topological polar surface area (TPSA) is 89.3 Å². The Hall–Kier alpha value is -1.98. The molecule has 0 saturated carbocycles. The smallest absolute Gasteiger partial charge is 0.239 e. The molecule has 0 radical (unpaired) electrons. The van der Waals surface area contributed by atoms with Crippen molar-refractivity contribution in [3.63, 3.8) is 0 Å². The molecule has 0 unspecified atom stereocenters. The van der Waals surface area contributed by atoms with Crippen LogP contribution in [0.1, 0.15) is 20.8 Å². The number of nitrogen functional groups attached to an aromatic ring is 1. The zero-order chi connectivity index (χ0) is 13.5. The highest BCUT2D eigenvalue weighted by molar-refractivity contribution is 5.80. The highest BCUT2D eigenvalue weighted by Gasteiger charge is 2.07. The number of hydrogen-bond donors (Lipinski definition) is 3. The van der Waals surface area contributed by atoms with E-state index in [0.29, 0.717) is 23.9 Å². The highest BCUT2D eigenvalue weighted by Crippen LogP contribution is 2.21. The van der Waals surface area contributed by atoms with Gasteiger partial charge in [0.25, 0.3) is 0 Å². The first kappa shape index (κ1) is 14.1. The Kier molecular flexibility index (Phi) is 5.23. The lowest BCUT2D eigenvalue weighted by atomic mass is 10.4. The molecule has 100 valence electrons. The van der Waals surface area contributed by atoms with Crippen molar-refractivity contribution in [2.45, 2.75) is 26.9 Å². The Bertz CT molecular complexity index is 407. The van der Waals surface area contributed by atoms with Crippen LogP contribution < -0.4 is 21.1 Å². The maximum atomic E-state index is 11.3. The van der Waals surface area contributed by atoms with Crippen molar-refractivity contribution < 1.29 is 9.53 Å². The summed E-state index contributed by atoms with van der Waals surface area (Å²) in [5.74, 6) is 0.861. The third-order valence-corrected chi connectivity index (χ3v) is 2.04. The van der Waals surface area contributed by atoms with E-state index in [1.54, 1.807) is 12.1 Å². The zero-order valence-corrected chi connectivity index (χ0v) is 11.0. The lowest BCUT2D eigenvalue weighted by molar-refractivity contribution is -0.119. The predicted octanol–water partition coefficient (Wildman–Crippen LogP) is 0.999. The number of nitrogens with zero attached hydrogens (tertiary/aromatic N) is 1. The van der Waals surface area contributed by atoms with Crippen molar-refractivity contribution in [2.24, 2.45) is 0 Å². The van der Waals surface area contributed by atoms with Crippen LogP contribution in [0, 0.1) is 0 Å². The number of nitrogens with two attached hydrogens (primary N) is 1. The fourth-order valence-corrected chi connectivity index (χ4v) is 1.30. The molecule has 6 nitrogen and oxygen atoms in total. The number of nitrogens with one attached hydrogen (secondary N) is 2. The van der Waals surface area contributed by atoms with Crippen LogP contribution in [0.4, 0.5) is 11.5 Å². The summed E-state index contributed by atoms with van der Waals surface area (Å²) in [5, 5.41) is 5.60. The first-order valence-corrected chi connectivity index (χ1v) is 5.96. The molecule has 1 amide bonds. The van der Waals surface area contributed by atoms with Crippen LogP contribution in [0.25, 0.3) is 0 Å². The monoisotopic (exact) mass is 252 g/mol. The molecule has 0 aliphatic carbocycles. The summed E-state index contributed by atoms with van der Waals surface area (Å²) < 4.78 is 5.46. The predicted molar refractivity (Wildman–Crippen MR) is 71.6 cm³/mol. The van der Waals surface area contributed by atoms with Gasteiger partial charge >= 0.3 is 0 Å². The largest absolute Gasteiger partial charge is 0.473 e. The molecule has 0 aromatic carbocycles. The number of carbonyl (C=O) groups excluding carboxylic acids is 1. The summed E-state index contributed by atoms with van der Waals surface area (Å²) in [6.07, 6.45) is -0.00144. The number of amides is 1. The Morgan fingerprint density at radius 1 is 1.50 bits per heavy atom. The fraction of sp³-hybridized carbons (Fsp3) is 0.500. The Morgan fingerprint density at radius 3 is 2.83 bits per heavy atom. The van der Waals surface area contributed by atoms with E-state index in [4.69, 9.17) is 10.5 Å². The maximum absolute atomic E-state index is 11.3. The molecule has 0 saturated heterocycles. The quantitative estimate of drug-likeness (QED) is 0.702. The Balaban J connectivity index is 2.64. The average molecular weight is 252 g/mol. The number of rotatable bonds is 6. The second-order valence-electron chi connectivity index (χ2n) is 4.06.